The molecular weight excluding hydrogens is 250 g/mol. The van der Waals surface area contributed by atoms with Crippen LogP contribution in [0, 0.1) is 0 Å². The zero-order valence-corrected chi connectivity index (χ0v) is 11.9. The average Bonchev–Trinajstić information content (AvgIpc) is 2.45. The molecule has 1 aliphatic rings. The normalized spacial score (nSPS) is 23.0. The maximum absolute atomic E-state index is 12.8. The molecular formula is C17H19NO2. The first-order valence-corrected chi connectivity index (χ1v) is 7.07. The molecule has 0 N–H and O–H groups in total. The van der Waals surface area contributed by atoms with E-state index in [9.17, 15) is 4.79 Å². The number of hydrogen-bond acceptors (Lipinski definition) is 2. The maximum Gasteiger partial charge on any atom is 0.254 e. The lowest BCUT2D eigenvalue weighted by Crippen LogP contribution is -2.48. The molecule has 1 saturated heterocycles. The molecule has 0 saturated carbocycles. The van der Waals surface area contributed by atoms with Crippen LogP contribution in [0.3, 0.4) is 0 Å². The van der Waals surface area contributed by atoms with Gasteiger partial charge in [0, 0.05) is 18.7 Å². The van der Waals surface area contributed by atoms with E-state index in [0.717, 1.165) is 16.3 Å². The van der Waals surface area contributed by atoms with Crippen LogP contribution in [0.4, 0.5) is 0 Å². The standard InChI is InChI=1S/C17H19NO2/c1-12-10-18(11-13(2)20-12)17(19)16-9-5-7-14-6-3-4-8-15(14)16/h3-9,12-13H,10-11H2,1-2H3. The van der Waals surface area contributed by atoms with Gasteiger partial charge in [-0.25, -0.2) is 0 Å². The number of carbonyl (C=O) groups is 1. The van der Waals surface area contributed by atoms with Crippen molar-refractivity contribution in [2.45, 2.75) is 26.1 Å². The molecule has 1 amide bonds. The molecule has 104 valence electrons. The number of benzene rings is 2. The lowest BCUT2D eigenvalue weighted by Gasteiger charge is -2.35. The first kappa shape index (κ1) is 13.1. The Balaban J connectivity index is 1.96. The number of amides is 1. The van der Waals surface area contributed by atoms with Crippen LogP contribution in [0.15, 0.2) is 42.5 Å². The summed E-state index contributed by atoms with van der Waals surface area (Å²) in [5, 5.41) is 2.12. The van der Waals surface area contributed by atoms with Crippen molar-refractivity contribution in [2.24, 2.45) is 0 Å². The summed E-state index contributed by atoms with van der Waals surface area (Å²) in [5.74, 6) is 0.101. The number of carbonyl (C=O) groups excluding carboxylic acids is 1. The van der Waals surface area contributed by atoms with E-state index in [1.165, 1.54) is 0 Å². The molecule has 0 aromatic heterocycles. The fraction of sp³-hybridized carbons (Fsp3) is 0.353. The molecule has 2 aromatic carbocycles. The molecule has 3 rings (SSSR count). The third-order valence-electron chi connectivity index (χ3n) is 3.73. The lowest BCUT2D eigenvalue weighted by atomic mass is 10.0. The molecule has 0 radical (unpaired) electrons. The Hall–Kier alpha value is -1.87. The van der Waals surface area contributed by atoms with Gasteiger partial charge in [0.15, 0.2) is 0 Å². The van der Waals surface area contributed by atoms with Gasteiger partial charge in [-0.15, -0.1) is 0 Å². The van der Waals surface area contributed by atoms with Crippen molar-refractivity contribution < 1.29 is 9.53 Å². The molecule has 0 spiro atoms. The van der Waals surface area contributed by atoms with E-state index >= 15 is 0 Å². The molecule has 2 aromatic rings. The van der Waals surface area contributed by atoms with Gasteiger partial charge in [-0.2, -0.15) is 0 Å². The highest BCUT2D eigenvalue weighted by atomic mass is 16.5. The maximum atomic E-state index is 12.8. The molecule has 1 heterocycles. The molecule has 0 aliphatic carbocycles. The number of fused-ring (bicyclic) bond motifs is 1. The number of hydrogen-bond donors (Lipinski definition) is 0. The van der Waals surface area contributed by atoms with Crippen molar-refractivity contribution in [3.05, 3.63) is 48.0 Å². The van der Waals surface area contributed by atoms with E-state index in [-0.39, 0.29) is 18.1 Å². The lowest BCUT2D eigenvalue weighted by molar-refractivity contribution is -0.0585. The van der Waals surface area contributed by atoms with Crippen LogP contribution in [0.5, 0.6) is 0 Å². The highest BCUT2D eigenvalue weighted by Gasteiger charge is 2.27. The largest absolute Gasteiger partial charge is 0.372 e. The van der Waals surface area contributed by atoms with Crippen molar-refractivity contribution in [3.63, 3.8) is 0 Å². The molecule has 2 unspecified atom stereocenters. The Bertz CT molecular complexity index is 622. The van der Waals surface area contributed by atoms with E-state index in [0.29, 0.717) is 13.1 Å². The van der Waals surface area contributed by atoms with Gasteiger partial charge >= 0.3 is 0 Å². The minimum Gasteiger partial charge on any atom is -0.372 e. The number of rotatable bonds is 1. The highest BCUT2D eigenvalue weighted by Crippen LogP contribution is 2.21. The second kappa shape index (κ2) is 5.25. The van der Waals surface area contributed by atoms with Crippen LogP contribution < -0.4 is 0 Å². The van der Waals surface area contributed by atoms with Crippen molar-refractivity contribution in [2.75, 3.05) is 13.1 Å². The van der Waals surface area contributed by atoms with Crippen LogP contribution in [0.25, 0.3) is 10.8 Å². The summed E-state index contributed by atoms with van der Waals surface area (Å²) in [5.41, 5.74) is 0.782. The van der Waals surface area contributed by atoms with Crippen molar-refractivity contribution in [3.8, 4) is 0 Å². The zero-order valence-electron chi connectivity index (χ0n) is 11.9. The predicted octanol–water partition coefficient (Wildman–Crippen LogP) is 3.09. The van der Waals surface area contributed by atoms with Crippen molar-refractivity contribution >= 4 is 16.7 Å². The third kappa shape index (κ3) is 2.41. The van der Waals surface area contributed by atoms with Crippen LogP contribution in [-0.2, 0) is 4.74 Å². The van der Waals surface area contributed by atoms with Crippen LogP contribution in [-0.4, -0.2) is 36.1 Å². The SMILES string of the molecule is CC1CN(C(=O)c2cccc3ccccc23)CC(C)O1. The predicted molar refractivity (Wildman–Crippen MR) is 79.9 cm³/mol. The van der Waals surface area contributed by atoms with E-state index in [2.05, 4.69) is 0 Å². The Morgan fingerprint density at radius 2 is 1.70 bits per heavy atom. The molecule has 3 nitrogen and oxygen atoms in total. The Kier molecular flexibility index (Phi) is 3.45. The smallest absolute Gasteiger partial charge is 0.254 e. The summed E-state index contributed by atoms with van der Waals surface area (Å²) < 4.78 is 5.70. The summed E-state index contributed by atoms with van der Waals surface area (Å²) in [4.78, 5) is 14.7. The van der Waals surface area contributed by atoms with Gasteiger partial charge in [-0.3, -0.25) is 4.79 Å². The fourth-order valence-corrected chi connectivity index (χ4v) is 2.93. The zero-order chi connectivity index (χ0) is 14.1. The highest BCUT2D eigenvalue weighted by molar-refractivity contribution is 6.07. The van der Waals surface area contributed by atoms with Gasteiger partial charge in [-0.1, -0.05) is 36.4 Å². The van der Waals surface area contributed by atoms with Gasteiger partial charge < -0.3 is 9.64 Å². The molecule has 0 bridgehead atoms. The van der Waals surface area contributed by atoms with E-state index in [1.807, 2.05) is 61.2 Å². The molecule has 3 heteroatoms. The molecule has 2 atom stereocenters. The van der Waals surface area contributed by atoms with Gasteiger partial charge in [0.1, 0.15) is 0 Å². The number of ether oxygens (including phenoxy) is 1. The van der Waals surface area contributed by atoms with E-state index < -0.39 is 0 Å². The first-order valence-electron chi connectivity index (χ1n) is 7.07. The van der Waals surface area contributed by atoms with Gasteiger partial charge in [0.25, 0.3) is 5.91 Å². The monoisotopic (exact) mass is 269 g/mol. The van der Waals surface area contributed by atoms with Gasteiger partial charge in [0.2, 0.25) is 0 Å². The van der Waals surface area contributed by atoms with Crippen LogP contribution >= 0.6 is 0 Å². The quantitative estimate of drug-likeness (QED) is 0.796. The van der Waals surface area contributed by atoms with Crippen LogP contribution in [0.2, 0.25) is 0 Å². The minimum atomic E-state index is 0.0951. The average molecular weight is 269 g/mol. The summed E-state index contributed by atoms with van der Waals surface area (Å²) in [6, 6.07) is 13.9. The Labute approximate surface area is 119 Å². The third-order valence-corrected chi connectivity index (χ3v) is 3.73. The van der Waals surface area contributed by atoms with Gasteiger partial charge in [0.05, 0.1) is 12.2 Å². The molecule has 20 heavy (non-hydrogen) atoms. The van der Waals surface area contributed by atoms with E-state index in [4.69, 9.17) is 4.74 Å². The van der Waals surface area contributed by atoms with Crippen molar-refractivity contribution in [1.29, 1.82) is 0 Å². The fourth-order valence-electron chi connectivity index (χ4n) is 2.93. The first-order chi connectivity index (χ1) is 9.65. The summed E-state index contributed by atoms with van der Waals surface area (Å²) >= 11 is 0. The number of nitrogens with zero attached hydrogens (tertiary/aromatic N) is 1. The Morgan fingerprint density at radius 1 is 1.05 bits per heavy atom. The van der Waals surface area contributed by atoms with E-state index in [1.54, 1.807) is 0 Å². The molecule has 1 aliphatic heterocycles. The van der Waals surface area contributed by atoms with Gasteiger partial charge in [-0.05, 0) is 30.7 Å². The molecule has 1 fully saturated rings. The van der Waals surface area contributed by atoms with Crippen LogP contribution in [0.1, 0.15) is 24.2 Å². The summed E-state index contributed by atoms with van der Waals surface area (Å²) in [6.45, 7) is 5.34. The van der Waals surface area contributed by atoms with Crippen molar-refractivity contribution in [1.82, 2.24) is 4.90 Å². The minimum absolute atomic E-state index is 0.0951. The Morgan fingerprint density at radius 3 is 2.45 bits per heavy atom. The number of morpholine rings is 1. The summed E-state index contributed by atoms with van der Waals surface area (Å²) in [7, 11) is 0. The second-order valence-corrected chi connectivity index (χ2v) is 5.49. The summed E-state index contributed by atoms with van der Waals surface area (Å²) in [6.07, 6.45) is 0.190. The second-order valence-electron chi connectivity index (χ2n) is 5.49. The topological polar surface area (TPSA) is 29.5 Å².